The average molecular weight is 287 g/mol. The third kappa shape index (κ3) is 3.94. The highest BCUT2D eigenvalue weighted by atomic mass is 32.2. The van der Waals surface area contributed by atoms with E-state index in [2.05, 4.69) is 44.2 Å². The highest BCUT2D eigenvalue weighted by Gasteiger charge is 2.04. The van der Waals surface area contributed by atoms with E-state index < -0.39 is 0 Å². The van der Waals surface area contributed by atoms with Crippen LogP contribution in [0.4, 0.5) is 5.69 Å². The monoisotopic (exact) mass is 287 g/mol. The van der Waals surface area contributed by atoms with Crippen molar-refractivity contribution in [3.05, 3.63) is 53.6 Å². The first-order valence-electron chi connectivity index (χ1n) is 6.90. The van der Waals surface area contributed by atoms with E-state index in [1.807, 2.05) is 23.9 Å². The zero-order valence-electron chi connectivity index (χ0n) is 12.1. The topological polar surface area (TPSA) is 35.2 Å². The lowest BCUT2D eigenvalue weighted by molar-refractivity contribution is 0.318. The summed E-state index contributed by atoms with van der Waals surface area (Å²) in [4.78, 5) is 1.19. The lowest BCUT2D eigenvalue weighted by atomic mass is 10.1. The fourth-order valence-corrected chi connectivity index (χ4v) is 2.88. The van der Waals surface area contributed by atoms with Crippen molar-refractivity contribution in [2.75, 3.05) is 12.3 Å². The van der Waals surface area contributed by atoms with E-state index in [9.17, 15) is 0 Å². The number of hydrogen-bond donors (Lipinski definition) is 1. The number of benzene rings is 2. The maximum absolute atomic E-state index is 5.93. The van der Waals surface area contributed by atoms with Crippen LogP contribution < -0.4 is 10.5 Å². The Morgan fingerprint density at radius 1 is 1.15 bits per heavy atom. The summed E-state index contributed by atoms with van der Waals surface area (Å²) in [6.45, 7) is 4.94. The third-order valence-corrected chi connectivity index (χ3v) is 4.14. The molecule has 2 aromatic rings. The van der Waals surface area contributed by atoms with Gasteiger partial charge in [0.1, 0.15) is 5.75 Å². The van der Waals surface area contributed by atoms with E-state index in [1.54, 1.807) is 0 Å². The summed E-state index contributed by atoms with van der Waals surface area (Å²) >= 11 is 1.81. The summed E-state index contributed by atoms with van der Waals surface area (Å²) in [5, 5.41) is 0. The number of hydrogen-bond acceptors (Lipinski definition) is 3. The van der Waals surface area contributed by atoms with Gasteiger partial charge in [-0.05, 0) is 42.7 Å². The predicted molar refractivity (Wildman–Crippen MR) is 87.4 cm³/mol. The van der Waals surface area contributed by atoms with Gasteiger partial charge in [-0.2, -0.15) is 0 Å². The molecule has 2 aromatic carbocycles. The summed E-state index contributed by atoms with van der Waals surface area (Å²) < 4.78 is 5.66. The Morgan fingerprint density at radius 2 is 1.95 bits per heavy atom. The van der Waals surface area contributed by atoms with Crippen molar-refractivity contribution >= 4 is 17.4 Å². The number of rotatable bonds is 6. The minimum absolute atomic E-state index is 0.704. The largest absolute Gasteiger partial charge is 0.491 e. The minimum atomic E-state index is 0.704. The molecule has 106 valence electrons. The average Bonchev–Trinajstić information content (AvgIpc) is 2.46. The van der Waals surface area contributed by atoms with Crippen molar-refractivity contribution in [3.8, 4) is 5.75 Å². The summed E-state index contributed by atoms with van der Waals surface area (Å²) in [7, 11) is 0. The molecule has 20 heavy (non-hydrogen) atoms. The first-order valence-corrected chi connectivity index (χ1v) is 7.89. The van der Waals surface area contributed by atoms with Crippen LogP contribution >= 0.6 is 11.8 Å². The molecule has 0 amide bonds. The van der Waals surface area contributed by atoms with Crippen LogP contribution in [0.2, 0.25) is 0 Å². The van der Waals surface area contributed by atoms with Crippen molar-refractivity contribution < 1.29 is 4.74 Å². The number of nitrogens with two attached hydrogens (primary N) is 1. The normalized spacial score (nSPS) is 10.5. The molecule has 0 spiro atoms. The van der Waals surface area contributed by atoms with E-state index in [4.69, 9.17) is 10.5 Å². The predicted octanol–water partition coefficient (Wildman–Crippen LogP) is 4.66. The van der Waals surface area contributed by atoms with Crippen LogP contribution in [0.5, 0.6) is 5.75 Å². The molecule has 3 heteroatoms. The molecule has 0 unspecified atom stereocenters. The Balaban J connectivity index is 2.04. The fourth-order valence-electron chi connectivity index (χ4n) is 1.87. The molecule has 2 rings (SSSR count). The first-order chi connectivity index (χ1) is 9.70. The van der Waals surface area contributed by atoms with Gasteiger partial charge in [-0.3, -0.25) is 0 Å². The fraction of sp³-hybridized carbons (Fsp3) is 0.294. The first kappa shape index (κ1) is 14.8. The highest BCUT2D eigenvalue weighted by molar-refractivity contribution is 7.98. The minimum Gasteiger partial charge on any atom is -0.491 e. The Bertz CT molecular complexity index is 569. The highest BCUT2D eigenvalue weighted by Crippen LogP contribution is 2.31. The van der Waals surface area contributed by atoms with Gasteiger partial charge >= 0.3 is 0 Å². The van der Waals surface area contributed by atoms with Crippen LogP contribution in [0.25, 0.3) is 0 Å². The number of aryl methyl sites for hydroxylation is 1. The molecule has 0 heterocycles. The summed E-state index contributed by atoms with van der Waals surface area (Å²) in [6.07, 6.45) is 0.986. The van der Waals surface area contributed by atoms with Gasteiger partial charge in [-0.25, -0.2) is 0 Å². The second-order valence-corrected chi connectivity index (χ2v) is 5.81. The van der Waals surface area contributed by atoms with Gasteiger partial charge in [0.05, 0.1) is 12.3 Å². The van der Waals surface area contributed by atoms with Crippen LogP contribution in [0.15, 0.2) is 47.4 Å². The molecule has 0 saturated heterocycles. The van der Waals surface area contributed by atoms with E-state index in [0.717, 1.165) is 17.9 Å². The molecule has 2 N–H and O–H groups in total. The number of nitrogen functional groups attached to an aromatic ring is 1. The Kier molecular flexibility index (Phi) is 5.36. The molecule has 2 nitrogen and oxygen atoms in total. The number of ether oxygens (including phenoxy) is 1. The van der Waals surface area contributed by atoms with Gasteiger partial charge in [0.15, 0.2) is 0 Å². The molecule has 0 atom stereocenters. The zero-order chi connectivity index (χ0) is 14.4. The molecule has 0 bridgehead atoms. The van der Waals surface area contributed by atoms with Crippen LogP contribution in [-0.2, 0) is 5.75 Å². The quantitative estimate of drug-likeness (QED) is 0.620. The van der Waals surface area contributed by atoms with Gasteiger partial charge < -0.3 is 10.5 Å². The summed E-state index contributed by atoms with van der Waals surface area (Å²) in [5.74, 6) is 1.76. The Morgan fingerprint density at radius 3 is 2.70 bits per heavy atom. The van der Waals surface area contributed by atoms with Crippen molar-refractivity contribution in [3.63, 3.8) is 0 Å². The van der Waals surface area contributed by atoms with E-state index in [-0.39, 0.29) is 0 Å². The second kappa shape index (κ2) is 7.25. The van der Waals surface area contributed by atoms with Gasteiger partial charge in [-0.15, -0.1) is 11.8 Å². The van der Waals surface area contributed by atoms with Crippen molar-refractivity contribution in [1.82, 2.24) is 0 Å². The van der Waals surface area contributed by atoms with E-state index in [1.165, 1.54) is 16.0 Å². The van der Waals surface area contributed by atoms with Crippen LogP contribution in [0.3, 0.4) is 0 Å². The third-order valence-electron chi connectivity index (χ3n) is 3.10. The van der Waals surface area contributed by atoms with Gasteiger partial charge in [0.25, 0.3) is 0 Å². The van der Waals surface area contributed by atoms with E-state index in [0.29, 0.717) is 12.3 Å². The molecule has 0 radical (unpaired) electrons. The molecule has 0 aliphatic rings. The molecular formula is C17H21NOS. The smallest absolute Gasteiger partial charge is 0.143 e. The maximum atomic E-state index is 5.93. The molecule has 0 aromatic heterocycles. The van der Waals surface area contributed by atoms with Crippen LogP contribution in [0, 0.1) is 6.92 Å². The second-order valence-electron chi connectivity index (χ2n) is 4.76. The van der Waals surface area contributed by atoms with Crippen LogP contribution in [-0.4, -0.2) is 6.61 Å². The molecule has 0 aliphatic heterocycles. The maximum Gasteiger partial charge on any atom is 0.143 e. The van der Waals surface area contributed by atoms with Gasteiger partial charge in [0.2, 0.25) is 0 Å². The standard InChI is InChI=1S/C17H21NOS/c1-3-10-19-17-11-15(8-9-16(17)18)20-12-14-7-5-4-6-13(14)2/h4-9,11H,3,10,12,18H2,1-2H3. The Hall–Kier alpha value is -1.61. The van der Waals surface area contributed by atoms with Crippen molar-refractivity contribution in [2.45, 2.75) is 30.9 Å². The number of anilines is 1. The lowest BCUT2D eigenvalue weighted by Gasteiger charge is -2.10. The van der Waals surface area contributed by atoms with Crippen molar-refractivity contribution in [2.24, 2.45) is 0 Å². The molecule has 0 fully saturated rings. The molecule has 0 aliphatic carbocycles. The van der Waals surface area contributed by atoms with Gasteiger partial charge in [-0.1, -0.05) is 31.2 Å². The summed E-state index contributed by atoms with van der Waals surface area (Å²) in [5.41, 5.74) is 9.33. The number of thioether (sulfide) groups is 1. The lowest BCUT2D eigenvalue weighted by Crippen LogP contribution is -1.99. The Labute approximate surface area is 125 Å². The zero-order valence-corrected chi connectivity index (χ0v) is 12.9. The van der Waals surface area contributed by atoms with Crippen molar-refractivity contribution in [1.29, 1.82) is 0 Å². The SMILES string of the molecule is CCCOc1cc(SCc2ccccc2C)ccc1N. The molecule has 0 saturated carbocycles. The summed E-state index contributed by atoms with van der Waals surface area (Å²) in [6, 6.07) is 14.5. The van der Waals surface area contributed by atoms with Crippen LogP contribution in [0.1, 0.15) is 24.5 Å². The van der Waals surface area contributed by atoms with E-state index >= 15 is 0 Å². The molecular weight excluding hydrogens is 266 g/mol. The van der Waals surface area contributed by atoms with Gasteiger partial charge in [0, 0.05) is 10.6 Å².